The Balaban J connectivity index is 3.18. The number of hydrogen-bond acceptors (Lipinski definition) is 2. The van der Waals surface area contributed by atoms with E-state index in [9.17, 15) is 17.2 Å². The van der Waals surface area contributed by atoms with Gasteiger partial charge >= 0.3 is 0 Å². The second-order valence-electron chi connectivity index (χ2n) is 3.43. The molecule has 16 heavy (non-hydrogen) atoms. The van der Waals surface area contributed by atoms with Crippen molar-refractivity contribution in [1.82, 2.24) is 0 Å². The summed E-state index contributed by atoms with van der Waals surface area (Å²) < 4.78 is 48.5. The Morgan fingerprint density at radius 2 is 1.94 bits per heavy atom. The summed E-state index contributed by atoms with van der Waals surface area (Å²) >= 11 is 0. The van der Waals surface area contributed by atoms with Crippen LogP contribution in [0, 0.1) is 11.6 Å². The molecule has 2 nitrogen and oxygen atoms in total. The summed E-state index contributed by atoms with van der Waals surface area (Å²) in [6.45, 7) is 1.78. The normalized spacial score (nSPS) is 11.8. The first kappa shape index (κ1) is 13.4. The second kappa shape index (κ2) is 5.10. The molecule has 0 aromatic heterocycles. The molecule has 0 unspecified atom stereocenters. The van der Waals surface area contributed by atoms with Crippen molar-refractivity contribution in [3.05, 3.63) is 34.9 Å². The fourth-order valence-corrected chi connectivity index (χ4v) is 2.37. The predicted octanol–water partition coefficient (Wildman–Crippen LogP) is 2.99. The molecule has 1 aromatic carbocycles. The Morgan fingerprint density at radius 3 is 2.44 bits per heavy atom. The van der Waals surface area contributed by atoms with Crippen LogP contribution in [0.1, 0.15) is 24.5 Å². The van der Waals surface area contributed by atoms with E-state index in [1.54, 1.807) is 6.92 Å². The van der Waals surface area contributed by atoms with Crippen molar-refractivity contribution in [3.63, 3.8) is 0 Å². The molecule has 1 aromatic rings. The van der Waals surface area contributed by atoms with Crippen molar-refractivity contribution in [1.29, 1.82) is 0 Å². The molecular formula is C10H11ClF2O2S. The molecule has 0 aliphatic carbocycles. The van der Waals surface area contributed by atoms with Gasteiger partial charge in [0.05, 0.1) is 5.75 Å². The van der Waals surface area contributed by atoms with E-state index in [0.29, 0.717) is 6.42 Å². The highest BCUT2D eigenvalue weighted by Gasteiger charge is 2.16. The summed E-state index contributed by atoms with van der Waals surface area (Å²) in [7, 11) is 1.19. The standard InChI is InChI=1S/C10H11ClF2O2S/c1-2-3-8-9(12)5-4-7(10(8)13)6-16(11,14)15/h4-5H,2-3,6H2,1H3. The van der Waals surface area contributed by atoms with Crippen LogP contribution in [0.15, 0.2) is 12.1 Å². The summed E-state index contributed by atoms with van der Waals surface area (Å²) in [6, 6.07) is 2.16. The van der Waals surface area contributed by atoms with E-state index >= 15 is 0 Å². The summed E-state index contributed by atoms with van der Waals surface area (Å²) in [5.41, 5.74) is -0.180. The van der Waals surface area contributed by atoms with Gasteiger partial charge in [0.25, 0.3) is 0 Å². The first-order valence-corrected chi connectivity index (χ1v) is 7.21. The molecule has 6 heteroatoms. The van der Waals surface area contributed by atoms with E-state index in [4.69, 9.17) is 10.7 Å². The van der Waals surface area contributed by atoms with Crippen LogP contribution in [0.4, 0.5) is 8.78 Å². The van der Waals surface area contributed by atoms with Crippen molar-refractivity contribution in [2.24, 2.45) is 0 Å². The third-order valence-corrected chi connectivity index (χ3v) is 3.08. The first-order chi connectivity index (χ1) is 7.35. The Hall–Kier alpha value is -0.680. The summed E-state index contributed by atoms with van der Waals surface area (Å²) in [4.78, 5) is 0. The minimum Gasteiger partial charge on any atom is -0.212 e. The number of hydrogen-bond donors (Lipinski definition) is 0. The maximum atomic E-state index is 13.7. The molecule has 0 aliphatic rings. The highest BCUT2D eigenvalue weighted by atomic mass is 35.7. The molecule has 0 heterocycles. The topological polar surface area (TPSA) is 34.1 Å². The van der Waals surface area contributed by atoms with E-state index in [1.165, 1.54) is 0 Å². The van der Waals surface area contributed by atoms with Crippen molar-refractivity contribution < 1.29 is 17.2 Å². The quantitative estimate of drug-likeness (QED) is 0.787. The zero-order chi connectivity index (χ0) is 12.3. The molecule has 0 atom stereocenters. The molecule has 0 bridgehead atoms. The van der Waals surface area contributed by atoms with Gasteiger partial charge in [-0.2, -0.15) is 0 Å². The van der Waals surface area contributed by atoms with Crippen molar-refractivity contribution in [2.45, 2.75) is 25.5 Å². The molecule has 0 saturated carbocycles. The minimum atomic E-state index is -3.83. The van der Waals surface area contributed by atoms with Gasteiger partial charge < -0.3 is 0 Å². The highest BCUT2D eigenvalue weighted by Crippen LogP contribution is 2.21. The molecule has 0 fully saturated rings. The Morgan fingerprint density at radius 1 is 1.31 bits per heavy atom. The minimum absolute atomic E-state index is 0.0830. The summed E-state index contributed by atoms with van der Waals surface area (Å²) in [6.07, 6.45) is 0.804. The van der Waals surface area contributed by atoms with Crippen molar-refractivity contribution in [3.8, 4) is 0 Å². The number of rotatable bonds is 4. The predicted molar refractivity (Wildman–Crippen MR) is 58.8 cm³/mol. The number of halogens is 3. The van der Waals surface area contributed by atoms with Crippen molar-refractivity contribution >= 4 is 19.7 Å². The van der Waals surface area contributed by atoms with Gasteiger partial charge in [-0.25, -0.2) is 17.2 Å². The van der Waals surface area contributed by atoms with E-state index < -0.39 is 26.4 Å². The van der Waals surface area contributed by atoms with Crippen LogP contribution < -0.4 is 0 Å². The monoisotopic (exact) mass is 268 g/mol. The highest BCUT2D eigenvalue weighted by molar-refractivity contribution is 8.13. The Labute approximate surface area is 97.7 Å². The smallest absolute Gasteiger partial charge is 0.212 e. The van der Waals surface area contributed by atoms with Crippen LogP contribution >= 0.6 is 10.7 Å². The fraction of sp³-hybridized carbons (Fsp3) is 0.400. The molecule has 1 rings (SSSR count). The van der Waals surface area contributed by atoms with E-state index in [2.05, 4.69) is 0 Å². The SMILES string of the molecule is CCCc1c(F)ccc(CS(=O)(=O)Cl)c1F. The van der Waals surface area contributed by atoms with Crippen LogP contribution in [0.25, 0.3) is 0 Å². The Bertz CT molecular complexity index is 486. The van der Waals surface area contributed by atoms with Crippen LogP contribution in [-0.4, -0.2) is 8.42 Å². The molecule has 0 spiro atoms. The zero-order valence-corrected chi connectivity index (χ0v) is 10.2. The third kappa shape index (κ3) is 3.42. The van der Waals surface area contributed by atoms with Gasteiger partial charge in [0.15, 0.2) is 0 Å². The molecule has 0 N–H and O–H groups in total. The molecule has 90 valence electrons. The molecule has 0 radical (unpaired) electrons. The van der Waals surface area contributed by atoms with Crippen LogP contribution in [0.3, 0.4) is 0 Å². The third-order valence-electron chi connectivity index (χ3n) is 2.09. The molecular weight excluding hydrogens is 258 g/mol. The van der Waals surface area contributed by atoms with Crippen molar-refractivity contribution in [2.75, 3.05) is 0 Å². The van der Waals surface area contributed by atoms with E-state index in [-0.39, 0.29) is 17.5 Å². The maximum absolute atomic E-state index is 13.7. The maximum Gasteiger partial charge on any atom is 0.236 e. The molecule has 0 aliphatic heterocycles. The number of benzene rings is 1. The summed E-state index contributed by atoms with van der Waals surface area (Å²) in [5, 5.41) is 0. The molecule has 0 amide bonds. The van der Waals surface area contributed by atoms with Gasteiger partial charge in [0, 0.05) is 21.8 Å². The average Bonchev–Trinajstić information content (AvgIpc) is 2.15. The lowest BCUT2D eigenvalue weighted by Crippen LogP contribution is -2.04. The van der Waals surface area contributed by atoms with Gasteiger partial charge in [0.1, 0.15) is 11.6 Å². The van der Waals surface area contributed by atoms with Gasteiger partial charge in [-0.3, -0.25) is 0 Å². The van der Waals surface area contributed by atoms with Gasteiger partial charge in [0.2, 0.25) is 9.05 Å². The van der Waals surface area contributed by atoms with Crippen LogP contribution in [0.2, 0.25) is 0 Å². The van der Waals surface area contributed by atoms with Crippen LogP contribution in [0.5, 0.6) is 0 Å². The van der Waals surface area contributed by atoms with Gasteiger partial charge in [-0.05, 0) is 12.5 Å². The lowest BCUT2D eigenvalue weighted by Gasteiger charge is -2.07. The Kier molecular flexibility index (Phi) is 4.27. The lowest BCUT2D eigenvalue weighted by molar-refractivity contribution is 0.544. The second-order valence-corrected chi connectivity index (χ2v) is 6.21. The largest absolute Gasteiger partial charge is 0.236 e. The average molecular weight is 269 g/mol. The van der Waals surface area contributed by atoms with Gasteiger partial charge in [-0.15, -0.1) is 0 Å². The summed E-state index contributed by atoms with van der Waals surface area (Å²) in [5.74, 6) is -2.10. The van der Waals surface area contributed by atoms with E-state index in [1.807, 2.05) is 0 Å². The molecule has 0 saturated heterocycles. The fourth-order valence-electron chi connectivity index (χ4n) is 1.42. The van der Waals surface area contributed by atoms with E-state index in [0.717, 1.165) is 12.1 Å². The zero-order valence-electron chi connectivity index (χ0n) is 8.63. The lowest BCUT2D eigenvalue weighted by atomic mass is 10.1. The van der Waals surface area contributed by atoms with Crippen LogP contribution in [-0.2, 0) is 21.2 Å². The van der Waals surface area contributed by atoms with Gasteiger partial charge in [-0.1, -0.05) is 19.4 Å². The first-order valence-electron chi connectivity index (χ1n) is 4.73.